The fraction of sp³-hybridized carbons (Fsp3) is 0.500. The third-order valence-electron chi connectivity index (χ3n) is 4.17. The minimum atomic E-state index is 0.123. The highest BCUT2D eigenvalue weighted by molar-refractivity contribution is 5.78. The Bertz CT molecular complexity index is 539. The number of aliphatic hydroxyl groups is 1. The van der Waals surface area contributed by atoms with Crippen LogP contribution in [0.25, 0.3) is 11.0 Å². The van der Waals surface area contributed by atoms with E-state index in [1.54, 1.807) is 6.33 Å². The van der Waals surface area contributed by atoms with E-state index in [0.29, 0.717) is 6.61 Å². The first-order valence-electron chi connectivity index (χ1n) is 6.48. The Morgan fingerprint density at radius 1 is 1.44 bits per heavy atom. The molecule has 2 N–H and O–H groups in total. The van der Waals surface area contributed by atoms with Crippen molar-refractivity contribution in [1.82, 2.24) is 9.97 Å². The van der Waals surface area contributed by atoms with Gasteiger partial charge in [-0.2, -0.15) is 0 Å². The molecule has 0 unspecified atom stereocenters. The minimum absolute atomic E-state index is 0.123. The molecule has 3 rings (SSSR count). The lowest BCUT2D eigenvalue weighted by Gasteiger charge is -2.43. The van der Waals surface area contributed by atoms with E-state index in [4.69, 9.17) is 0 Å². The maximum atomic E-state index is 9.53. The molecule has 1 aliphatic carbocycles. The molecule has 0 aliphatic heterocycles. The van der Waals surface area contributed by atoms with Crippen molar-refractivity contribution in [2.24, 2.45) is 5.41 Å². The summed E-state index contributed by atoms with van der Waals surface area (Å²) in [5.41, 5.74) is 3.35. The highest BCUT2D eigenvalue weighted by Crippen LogP contribution is 2.41. The first-order valence-corrected chi connectivity index (χ1v) is 6.48. The standard InChI is InChI=1S/C14H19N3O/c1-17(8-14(9-18)5-2-6-14)11-3-4-12-13(7-11)16-10-15-12/h3-4,7,10,18H,2,5-6,8-9H2,1H3,(H,15,16). The topological polar surface area (TPSA) is 52.1 Å². The molecule has 1 aromatic heterocycles. The number of hydrogen-bond acceptors (Lipinski definition) is 3. The number of imidazole rings is 1. The van der Waals surface area contributed by atoms with Crippen LogP contribution in [0.5, 0.6) is 0 Å². The fourth-order valence-corrected chi connectivity index (χ4v) is 2.80. The lowest BCUT2D eigenvalue weighted by atomic mass is 9.69. The number of benzene rings is 1. The molecule has 0 atom stereocenters. The molecule has 18 heavy (non-hydrogen) atoms. The number of anilines is 1. The third-order valence-corrected chi connectivity index (χ3v) is 4.17. The normalized spacial score (nSPS) is 17.7. The Morgan fingerprint density at radius 3 is 2.94 bits per heavy atom. The second kappa shape index (κ2) is 4.28. The van der Waals surface area contributed by atoms with Gasteiger partial charge in [0.05, 0.1) is 24.0 Å². The summed E-state index contributed by atoms with van der Waals surface area (Å²) in [5, 5.41) is 9.53. The summed E-state index contributed by atoms with van der Waals surface area (Å²) in [4.78, 5) is 9.59. The Morgan fingerprint density at radius 2 is 2.28 bits per heavy atom. The molecular weight excluding hydrogens is 226 g/mol. The van der Waals surface area contributed by atoms with E-state index in [-0.39, 0.29) is 5.41 Å². The molecule has 0 spiro atoms. The molecule has 0 amide bonds. The highest BCUT2D eigenvalue weighted by Gasteiger charge is 2.37. The van der Waals surface area contributed by atoms with E-state index in [9.17, 15) is 5.11 Å². The van der Waals surface area contributed by atoms with Crippen LogP contribution in [-0.4, -0.2) is 35.3 Å². The number of fused-ring (bicyclic) bond motifs is 1. The van der Waals surface area contributed by atoms with E-state index in [1.807, 2.05) is 6.07 Å². The molecule has 96 valence electrons. The van der Waals surface area contributed by atoms with Crippen LogP contribution >= 0.6 is 0 Å². The predicted molar refractivity (Wildman–Crippen MR) is 72.7 cm³/mol. The number of nitrogens with zero attached hydrogens (tertiary/aromatic N) is 2. The van der Waals surface area contributed by atoms with Crippen molar-refractivity contribution in [2.45, 2.75) is 19.3 Å². The number of aromatic nitrogens is 2. The second-order valence-electron chi connectivity index (χ2n) is 5.47. The van der Waals surface area contributed by atoms with Crippen LogP contribution in [0.4, 0.5) is 5.69 Å². The molecule has 4 nitrogen and oxygen atoms in total. The summed E-state index contributed by atoms with van der Waals surface area (Å²) in [5.74, 6) is 0. The zero-order valence-corrected chi connectivity index (χ0v) is 10.7. The van der Waals surface area contributed by atoms with Crippen molar-refractivity contribution < 1.29 is 5.11 Å². The van der Waals surface area contributed by atoms with Gasteiger partial charge in [-0.1, -0.05) is 6.42 Å². The van der Waals surface area contributed by atoms with Gasteiger partial charge in [-0.3, -0.25) is 0 Å². The Kier molecular flexibility index (Phi) is 2.74. The number of rotatable bonds is 4. The van der Waals surface area contributed by atoms with Gasteiger partial charge in [0.1, 0.15) is 0 Å². The van der Waals surface area contributed by atoms with Crippen molar-refractivity contribution in [3.63, 3.8) is 0 Å². The fourth-order valence-electron chi connectivity index (χ4n) is 2.80. The zero-order chi connectivity index (χ0) is 12.6. The molecule has 1 aliphatic rings. The van der Waals surface area contributed by atoms with Gasteiger partial charge in [0, 0.05) is 24.7 Å². The van der Waals surface area contributed by atoms with Crippen molar-refractivity contribution in [1.29, 1.82) is 0 Å². The average molecular weight is 245 g/mol. The maximum absolute atomic E-state index is 9.53. The van der Waals surface area contributed by atoms with Crippen molar-refractivity contribution in [3.8, 4) is 0 Å². The quantitative estimate of drug-likeness (QED) is 0.868. The summed E-state index contributed by atoms with van der Waals surface area (Å²) in [6.07, 6.45) is 5.24. The van der Waals surface area contributed by atoms with Crippen LogP contribution in [-0.2, 0) is 0 Å². The van der Waals surface area contributed by atoms with Crippen LogP contribution < -0.4 is 4.90 Å². The summed E-state index contributed by atoms with van der Waals surface area (Å²) in [7, 11) is 2.09. The van der Waals surface area contributed by atoms with E-state index >= 15 is 0 Å². The van der Waals surface area contributed by atoms with E-state index in [1.165, 1.54) is 12.1 Å². The summed E-state index contributed by atoms with van der Waals surface area (Å²) >= 11 is 0. The number of H-pyrrole nitrogens is 1. The molecule has 2 aromatic rings. The van der Waals surface area contributed by atoms with Crippen LogP contribution in [0.15, 0.2) is 24.5 Å². The predicted octanol–water partition coefficient (Wildman–Crippen LogP) is 2.16. The average Bonchev–Trinajstić information content (AvgIpc) is 2.80. The molecule has 0 radical (unpaired) electrons. The maximum Gasteiger partial charge on any atom is 0.0931 e. The number of aliphatic hydroxyl groups excluding tert-OH is 1. The Labute approximate surface area is 107 Å². The summed E-state index contributed by atoms with van der Waals surface area (Å²) < 4.78 is 0. The third kappa shape index (κ3) is 1.86. The first-order chi connectivity index (χ1) is 8.72. The molecule has 1 heterocycles. The van der Waals surface area contributed by atoms with Crippen molar-refractivity contribution >= 4 is 16.7 Å². The van der Waals surface area contributed by atoms with E-state index in [0.717, 1.165) is 30.4 Å². The van der Waals surface area contributed by atoms with E-state index < -0.39 is 0 Å². The monoisotopic (exact) mass is 245 g/mol. The van der Waals surface area contributed by atoms with E-state index in [2.05, 4.69) is 34.0 Å². The smallest absolute Gasteiger partial charge is 0.0931 e. The van der Waals surface area contributed by atoms with Crippen LogP contribution in [0.3, 0.4) is 0 Å². The minimum Gasteiger partial charge on any atom is -0.396 e. The van der Waals surface area contributed by atoms with Crippen LogP contribution in [0.2, 0.25) is 0 Å². The molecule has 1 fully saturated rings. The van der Waals surface area contributed by atoms with Gasteiger partial charge in [-0.25, -0.2) is 4.98 Å². The van der Waals surface area contributed by atoms with Crippen molar-refractivity contribution in [2.75, 3.05) is 25.1 Å². The van der Waals surface area contributed by atoms with Crippen LogP contribution in [0, 0.1) is 5.41 Å². The molecule has 0 saturated heterocycles. The zero-order valence-electron chi connectivity index (χ0n) is 10.7. The van der Waals surface area contributed by atoms with Crippen LogP contribution in [0.1, 0.15) is 19.3 Å². The lowest BCUT2D eigenvalue weighted by Crippen LogP contribution is -2.43. The summed E-state index contributed by atoms with van der Waals surface area (Å²) in [6, 6.07) is 6.24. The molecule has 1 saturated carbocycles. The van der Waals surface area contributed by atoms with Gasteiger partial charge in [0.15, 0.2) is 0 Å². The largest absolute Gasteiger partial charge is 0.396 e. The van der Waals surface area contributed by atoms with Gasteiger partial charge >= 0.3 is 0 Å². The first kappa shape index (κ1) is 11.5. The van der Waals surface area contributed by atoms with Gasteiger partial charge in [0.2, 0.25) is 0 Å². The summed E-state index contributed by atoms with van der Waals surface area (Å²) in [6.45, 7) is 1.22. The van der Waals surface area contributed by atoms with Gasteiger partial charge in [-0.05, 0) is 31.0 Å². The Hall–Kier alpha value is -1.55. The SMILES string of the molecule is CN(CC1(CO)CCC1)c1ccc2nc[nH]c2c1. The van der Waals surface area contributed by atoms with Gasteiger partial charge in [-0.15, -0.1) is 0 Å². The number of hydrogen-bond donors (Lipinski definition) is 2. The Balaban J connectivity index is 1.80. The molecule has 4 heteroatoms. The number of nitrogens with one attached hydrogen (secondary N) is 1. The molecule has 0 bridgehead atoms. The van der Waals surface area contributed by atoms with Gasteiger partial charge < -0.3 is 15.0 Å². The molecule has 1 aromatic carbocycles. The highest BCUT2D eigenvalue weighted by atomic mass is 16.3. The lowest BCUT2D eigenvalue weighted by molar-refractivity contribution is 0.0524. The van der Waals surface area contributed by atoms with Crippen molar-refractivity contribution in [3.05, 3.63) is 24.5 Å². The second-order valence-corrected chi connectivity index (χ2v) is 5.47. The molecular formula is C14H19N3O. The number of aromatic amines is 1. The van der Waals surface area contributed by atoms with Gasteiger partial charge in [0.25, 0.3) is 0 Å².